The van der Waals surface area contributed by atoms with Crippen LogP contribution < -0.4 is 5.32 Å². The van der Waals surface area contributed by atoms with E-state index in [1.54, 1.807) is 0 Å². The van der Waals surface area contributed by atoms with Crippen molar-refractivity contribution < 1.29 is 9.59 Å². The molecule has 0 aromatic carbocycles. The Kier molecular flexibility index (Phi) is 6.40. The fraction of sp³-hybridized carbons (Fsp3) is 0.636. The minimum absolute atomic E-state index is 0.0218. The van der Waals surface area contributed by atoms with Crippen LogP contribution in [0.5, 0.6) is 0 Å². The minimum Gasteiger partial charge on any atom is -0.355 e. The molecule has 27 heavy (non-hydrogen) atoms. The second-order valence-electron chi connectivity index (χ2n) is 8.11. The first kappa shape index (κ1) is 19.7. The van der Waals surface area contributed by atoms with E-state index in [0.29, 0.717) is 18.8 Å². The number of aromatic nitrogens is 1. The van der Waals surface area contributed by atoms with Crippen molar-refractivity contribution in [2.45, 2.75) is 65.7 Å². The Morgan fingerprint density at radius 3 is 2.67 bits per heavy atom. The van der Waals surface area contributed by atoms with Crippen LogP contribution in [0.15, 0.2) is 11.6 Å². The largest absolute Gasteiger partial charge is 0.355 e. The molecule has 5 nitrogen and oxygen atoms in total. The molecule has 2 amide bonds. The highest BCUT2D eigenvalue weighted by Crippen LogP contribution is 2.23. The van der Waals surface area contributed by atoms with E-state index in [1.165, 1.54) is 31.3 Å². The second kappa shape index (κ2) is 8.77. The van der Waals surface area contributed by atoms with E-state index in [2.05, 4.69) is 16.4 Å². The number of allylic oxidation sites excluding steroid dienone is 1. The van der Waals surface area contributed by atoms with Crippen molar-refractivity contribution in [2.24, 2.45) is 5.92 Å². The van der Waals surface area contributed by atoms with Crippen LogP contribution in [-0.4, -0.2) is 41.3 Å². The maximum atomic E-state index is 12.9. The summed E-state index contributed by atoms with van der Waals surface area (Å²) in [4.78, 5) is 30.6. The van der Waals surface area contributed by atoms with Gasteiger partial charge in [0.05, 0.1) is 5.92 Å². The smallest absolute Gasteiger partial charge is 0.270 e. The Labute approximate surface area is 162 Å². The van der Waals surface area contributed by atoms with Gasteiger partial charge in [-0.2, -0.15) is 0 Å². The third-order valence-corrected chi connectivity index (χ3v) is 6.24. The number of piperidine rings is 1. The third-order valence-electron chi connectivity index (χ3n) is 6.24. The van der Waals surface area contributed by atoms with Gasteiger partial charge in [0.1, 0.15) is 5.69 Å². The molecule has 3 rings (SSSR count). The van der Waals surface area contributed by atoms with Gasteiger partial charge in [-0.25, -0.2) is 0 Å². The molecule has 2 aliphatic rings. The zero-order valence-corrected chi connectivity index (χ0v) is 17.0. The molecule has 1 aliphatic carbocycles. The van der Waals surface area contributed by atoms with E-state index in [0.717, 1.165) is 42.6 Å². The number of nitrogens with one attached hydrogen (secondary N) is 2. The van der Waals surface area contributed by atoms with Gasteiger partial charge in [-0.05, 0) is 76.8 Å². The SMILES string of the molecule is Cc1[nH]c(C(=O)N2CCC[C@H](C(=O)NCCC3=CCCCC3)C2)c(C)c1C. The van der Waals surface area contributed by atoms with Gasteiger partial charge >= 0.3 is 0 Å². The highest BCUT2D eigenvalue weighted by Gasteiger charge is 2.30. The molecule has 1 aliphatic heterocycles. The molecule has 0 bridgehead atoms. The molecule has 5 heteroatoms. The molecule has 2 N–H and O–H groups in total. The summed E-state index contributed by atoms with van der Waals surface area (Å²) in [6.45, 7) is 7.97. The topological polar surface area (TPSA) is 65.2 Å². The van der Waals surface area contributed by atoms with Crippen LogP contribution in [0, 0.1) is 26.7 Å². The van der Waals surface area contributed by atoms with Crippen molar-refractivity contribution in [1.29, 1.82) is 0 Å². The van der Waals surface area contributed by atoms with Crippen LogP contribution in [0.2, 0.25) is 0 Å². The molecule has 1 saturated heterocycles. The van der Waals surface area contributed by atoms with Crippen molar-refractivity contribution in [2.75, 3.05) is 19.6 Å². The lowest BCUT2D eigenvalue weighted by molar-refractivity contribution is -0.126. The van der Waals surface area contributed by atoms with Gasteiger partial charge in [-0.3, -0.25) is 9.59 Å². The molecule has 0 spiro atoms. The predicted molar refractivity (Wildman–Crippen MR) is 108 cm³/mol. The van der Waals surface area contributed by atoms with E-state index in [1.807, 2.05) is 25.7 Å². The molecule has 2 heterocycles. The standard InChI is InChI=1S/C22H33N3O2/c1-15-16(2)20(24-17(15)3)22(27)25-13-7-10-19(14-25)21(26)23-12-11-18-8-5-4-6-9-18/h8,19,24H,4-7,9-14H2,1-3H3,(H,23,26)/t19-/m0/s1. The van der Waals surface area contributed by atoms with Gasteiger partial charge in [-0.1, -0.05) is 11.6 Å². The van der Waals surface area contributed by atoms with Crippen LogP contribution in [0.4, 0.5) is 0 Å². The second-order valence-corrected chi connectivity index (χ2v) is 8.11. The number of aryl methyl sites for hydroxylation is 1. The van der Waals surface area contributed by atoms with Crippen molar-refractivity contribution >= 4 is 11.8 Å². The fourth-order valence-electron chi connectivity index (χ4n) is 4.21. The molecule has 0 unspecified atom stereocenters. The molecule has 1 aromatic rings. The van der Waals surface area contributed by atoms with Crippen LogP contribution >= 0.6 is 0 Å². The lowest BCUT2D eigenvalue weighted by Gasteiger charge is -2.32. The number of amides is 2. The normalized spacial score (nSPS) is 20.3. The Morgan fingerprint density at radius 1 is 1.19 bits per heavy atom. The molecule has 1 fully saturated rings. The number of rotatable bonds is 5. The van der Waals surface area contributed by atoms with Crippen LogP contribution in [0.1, 0.15) is 72.3 Å². The maximum absolute atomic E-state index is 12.9. The number of carbonyl (C=O) groups is 2. The molecule has 1 atom stereocenters. The lowest BCUT2D eigenvalue weighted by atomic mass is 9.95. The summed E-state index contributed by atoms with van der Waals surface area (Å²) in [6.07, 6.45) is 9.96. The number of H-pyrrole nitrogens is 1. The van der Waals surface area contributed by atoms with Gasteiger partial charge < -0.3 is 15.2 Å². The first-order chi connectivity index (χ1) is 13.0. The van der Waals surface area contributed by atoms with Gasteiger partial charge in [-0.15, -0.1) is 0 Å². The van der Waals surface area contributed by atoms with Gasteiger partial charge in [0, 0.05) is 25.3 Å². The third kappa shape index (κ3) is 4.63. The number of nitrogens with zero attached hydrogens (tertiary/aromatic N) is 1. The Morgan fingerprint density at radius 2 is 2.00 bits per heavy atom. The Hall–Kier alpha value is -2.04. The average molecular weight is 372 g/mol. The molecular formula is C22H33N3O2. The summed E-state index contributed by atoms with van der Waals surface area (Å²) in [7, 11) is 0. The summed E-state index contributed by atoms with van der Waals surface area (Å²) in [5.41, 5.74) is 5.36. The molecule has 0 saturated carbocycles. The molecule has 1 aromatic heterocycles. The quantitative estimate of drug-likeness (QED) is 0.773. The number of hydrogen-bond donors (Lipinski definition) is 2. The van der Waals surface area contributed by atoms with E-state index in [-0.39, 0.29) is 17.7 Å². The first-order valence-corrected chi connectivity index (χ1v) is 10.4. The highest BCUT2D eigenvalue weighted by molar-refractivity contribution is 5.95. The van der Waals surface area contributed by atoms with Crippen molar-refractivity contribution in [3.05, 3.63) is 34.2 Å². The fourth-order valence-corrected chi connectivity index (χ4v) is 4.21. The summed E-state index contributed by atoms with van der Waals surface area (Å²) >= 11 is 0. The monoisotopic (exact) mass is 371 g/mol. The summed E-state index contributed by atoms with van der Waals surface area (Å²) in [5.74, 6) is 0.0218. The first-order valence-electron chi connectivity index (χ1n) is 10.4. The predicted octanol–water partition coefficient (Wildman–Crippen LogP) is 3.80. The Bertz CT molecular complexity index is 732. The zero-order chi connectivity index (χ0) is 19.4. The average Bonchev–Trinajstić information content (AvgIpc) is 2.95. The van der Waals surface area contributed by atoms with Crippen molar-refractivity contribution in [3.8, 4) is 0 Å². The molecular weight excluding hydrogens is 338 g/mol. The number of carbonyl (C=O) groups excluding carboxylic acids is 2. The van der Waals surface area contributed by atoms with Gasteiger partial charge in [0.25, 0.3) is 5.91 Å². The van der Waals surface area contributed by atoms with E-state index in [4.69, 9.17) is 0 Å². The zero-order valence-electron chi connectivity index (χ0n) is 17.0. The Balaban J connectivity index is 1.53. The number of aromatic amines is 1. The van der Waals surface area contributed by atoms with Gasteiger partial charge in [0.2, 0.25) is 5.91 Å². The summed E-state index contributed by atoms with van der Waals surface area (Å²) in [5, 5.41) is 3.10. The lowest BCUT2D eigenvalue weighted by Crippen LogP contribution is -2.45. The molecule has 148 valence electrons. The van der Waals surface area contributed by atoms with E-state index in [9.17, 15) is 9.59 Å². The van der Waals surface area contributed by atoms with Gasteiger partial charge in [0.15, 0.2) is 0 Å². The summed E-state index contributed by atoms with van der Waals surface area (Å²) in [6, 6.07) is 0. The highest BCUT2D eigenvalue weighted by atomic mass is 16.2. The van der Waals surface area contributed by atoms with Crippen LogP contribution in [0.3, 0.4) is 0 Å². The van der Waals surface area contributed by atoms with E-state index < -0.39 is 0 Å². The van der Waals surface area contributed by atoms with Crippen LogP contribution in [-0.2, 0) is 4.79 Å². The van der Waals surface area contributed by atoms with Crippen molar-refractivity contribution in [3.63, 3.8) is 0 Å². The summed E-state index contributed by atoms with van der Waals surface area (Å²) < 4.78 is 0. The maximum Gasteiger partial charge on any atom is 0.270 e. The van der Waals surface area contributed by atoms with E-state index >= 15 is 0 Å². The van der Waals surface area contributed by atoms with Crippen molar-refractivity contribution in [1.82, 2.24) is 15.2 Å². The van der Waals surface area contributed by atoms with Crippen LogP contribution in [0.25, 0.3) is 0 Å². The minimum atomic E-state index is -0.0968. The number of hydrogen-bond acceptors (Lipinski definition) is 2. The molecule has 0 radical (unpaired) electrons. The number of likely N-dealkylation sites (tertiary alicyclic amines) is 1.